The number of hydrogen-bond donors (Lipinski definition) is 3. The molecule has 0 saturated carbocycles. The summed E-state index contributed by atoms with van der Waals surface area (Å²) in [5.41, 5.74) is -0.500. The molecule has 0 radical (unpaired) electrons. The number of anilines is 1. The van der Waals surface area contributed by atoms with Crippen molar-refractivity contribution in [1.82, 2.24) is 5.32 Å². The van der Waals surface area contributed by atoms with E-state index in [1.165, 1.54) is 12.1 Å². The van der Waals surface area contributed by atoms with Crippen LogP contribution >= 0.6 is 0 Å². The predicted octanol–water partition coefficient (Wildman–Crippen LogP) is 2.76. The van der Waals surface area contributed by atoms with E-state index < -0.39 is 35.1 Å². The summed E-state index contributed by atoms with van der Waals surface area (Å²) >= 11 is 0. The Balaban J connectivity index is 1.98. The number of carboxylic acids is 1. The summed E-state index contributed by atoms with van der Waals surface area (Å²) in [5.74, 6) is -3.64. The van der Waals surface area contributed by atoms with Crippen LogP contribution < -0.4 is 10.6 Å². The SMILES string of the molecule is CCC(NC(=O)C1CC(=O)Nc2cc(F)ccc21)(C(=O)O)c1ccccc1. The molecule has 2 atom stereocenters. The Kier molecular flexibility index (Phi) is 4.94. The van der Waals surface area contributed by atoms with Gasteiger partial charge >= 0.3 is 5.97 Å². The van der Waals surface area contributed by atoms with E-state index in [0.717, 1.165) is 6.07 Å². The molecule has 3 rings (SSSR count). The molecule has 0 fully saturated rings. The third-order valence-electron chi connectivity index (χ3n) is 4.87. The smallest absolute Gasteiger partial charge is 0.334 e. The maximum absolute atomic E-state index is 13.5. The van der Waals surface area contributed by atoms with E-state index in [1.54, 1.807) is 37.3 Å². The quantitative estimate of drug-likeness (QED) is 0.754. The van der Waals surface area contributed by atoms with Gasteiger partial charge in [0, 0.05) is 12.1 Å². The van der Waals surface area contributed by atoms with Crippen LogP contribution in [0.3, 0.4) is 0 Å². The van der Waals surface area contributed by atoms with E-state index in [2.05, 4.69) is 10.6 Å². The van der Waals surface area contributed by atoms with Crippen LogP contribution in [0.2, 0.25) is 0 Å². The Hall–Kier alpha value is -3.22. The van der Waals surface area contributed by atoms with Crippen LogP contribution in [0.4, 0.5) is 10.1 Å². The lowest BCUT2D eigenvalue weighted by atomic mass is 9.84. The van der Waals surface area contributed by atoms with Crippen molar-refractivity contribution >= 4 is 23.5 Å². The zero-order valence-corrected chi connectivity index (χ0v) is 14.7. The molecule has 2 unspecified atom stereocenters. The highest BCUT2D eigenvalue weighted by Gasteiger charge is 2.43. The van der Waals surface area contributed by atoms with Crippen molar-refractivity contribution < 1.29 is 23.9 Å². The number of carbonyl (C=O) groups is 3. The molecule has 1 aliphatic rings. The van der Waals surface area contributed by atoms with Gasteiger partial charge in [-0.05, 0) is 29.7 Å². The summed E-state index contributed by atoms with van der Waals surface area (Å²) < 4.78 is 13.5. The molecule has 2 amide bonds. The maximum atomic E-state index is 13.5. The largest absolute Gasteiger partial charge is 0.479 e. The van der Waals surface area contributed by atoms with Crippen LogP contribution in [-0.4, -0.2) is 22.9 Å². The fourth-order valence-corrected chi connectivity index (χ4v) is 3.38. The molecule has 27 heavy (non-hydrogen) atoms. The van der Waals surface area contributed by atoms with Gasteiger partial charge in [0.25, 0.3) is 0 Å². The minimum Gasteiger partial charge on any atom is -0.479 e. The average Bonchev–Trinajstić information content (AvgIpc) is 2.65. The topological polar surface area (TPSA) is 95.5 Å². The van der Waals surface area contributed by atoms with Crippen molar-refractivity contribution in [3.8, 4) is 0 Å². The lowest BCUT2D eigenvalue weighted by molar-refractivity contribution is -0.148. The lowest BCUT2D eigenvalue weighted by Gasteiger charge is -2.33. The molecule has 0 aliphatic carbocycles. The van der Waals surface area contributed by atoms with Gasteiger partial charge in [-0.25, -0.2) is 9.18 Å². The molecule has 0 spiro atoms. The van der Waals surface area contributed by atoms with E-state index in [0.29, 0.717) is 11.1 Å². The van der Waals surface area contributed by atoms with E-state index >= 15 is 0 Å². The van der Waals surface area contributed by atoms with Gasteiger partial charge in [-0.15, -0.1) is 0 Å². The number of aliphatic carboxylic acids is 1. The lowest BCUT2D eigenvalue weighted by Crippen LogP contribution is -2.53. The monoisotopic (exact) mass is 370 g/mol. The van der Waals surface area contributed by atoms with Gasteiger partial charge in [-0.3, -0.25) is 9.59 Å². The van der Waals surface area contributed by atoms with E-state index in [-0.39, 0.29) is 18.5 Å². The third kappa shape index (κ3) is 3.40. The summed E-state index contributed by atoms with van der Waals surface area (Å²) in [6.45, 7) is 1.66. The van der Waals surface area contributed by atoms with E-state index in [9.17, 15) is 23.9 Å². The Morgan fingerprint density at radius 3 is 2.59 bits per heavy atom. The Morgan fingerprint density at radius 2 is 1.96 bits per heavy atom. The number of carboxylic acid groups (broad SMARTS) is 1. The molecule has 1 heterocycles. The van der Waals surface area contributed by atoms with Crippen LogP contribution in [0.15, 0.2) is 48.5 Å². The second-order valence-corrected chi connectivity index (χ2v) is 6.46. The zero-order chi connectivity index (χ0) is 19.6. The highest BCUT2D eigenvalue weighted by Crippen LogP contribution is 2.34. The van der Waals surface area contributed by atoms with Crippen LogP contribution in [0, 0.1) is 5.82 Å². The number of halogens is 1. The fraction of sp³-hybridized carbons (Fsp3) is 0.250. The first kappa shape index (κ1) is 18.6. The number of carbonyl (C=O) groups excluding carboxylic acids is 2. The fourth-order valence-electron chi connectivity index (χ4n) is 3.38. The van der Waals surface area contributed by atoms with Crippen molar-refractivity contribution in [2.75, 3.05) is 5.32 Å². The molecular weight excluding hydrogens is 351 g/mol. The number of amides is 2. The molecule has 2 aromatic rings. The van der Waals surface area contributed by atoms with Gasteiger partial charge in [0.1, 0.15) is 5.82 Å². The second kappa shape index (κ2) is 7.19. The summed E-state index contributed by atoms with van der Waals surface area (Å²) in [6.07, 6.45) is -0.0219. The molecule has 140 valence electrons. The van der Waals surface area contributed by atoms with Crippen LogP contribution in [-0.2, 0) is 19.9 Å². The van der Waals surface area contributed by atoms with Crippen molar-refractivity contribution in [3.05, 3.63) is 65.5 Å². The average molecular weight is 370 g/mol. The normalized spacial score (nSPS) is 18.0. The predicted molar refractivity (Wildman–Crippen MR) is 96.6 cm³/mol. The van der Waals surface area contributed by atoms with Gasteiger partial charge in [-0.2, -0.15) is 0 Å². The standard InChI is InChI=1S/C20H19FN2O4/c1-2-20(19(26)27,12-6-4-3-5-7-12)23-18(25)15-11-17(24)22-16-10-13(21)8-9-14(15)16/h3-10,15H,2,11H2,1H3,(H,22,24)(H,23,25)(H,26,27). The first-order valence-electron chi connectivity index (χ1n) is 8.57. The number of nitrogens with one attached hydrogen (secondary N) is 2. The Bertz CT molecular complexity index is 900. The molecule has 6 nitrogen and oxygen atoms in total. The number of hydrogen-bond acceptors (Lipinski definition) is 3. The first-order chi connectivity index (χ1) is 12.9. The Morgan fingerprint density at radius 1 is 1.26 bits per heavy atom. The Labute approximate surface area is 155 Å². The zero-order valence-electron chi connectivity index (χ0n) is 14.7. The van der Waals surface area contributed by atoms with E-state index in [1.807, 2.05) is 0 Å². The second-order valence-electron chi connectivity index (χ2n) is 6.46. The van der Waals surface area contributed by atoms with Gasteiger partial charge in [-0.1, -0.05) is 43.3 Å². The van der Waals surface area contributed by atoms with Crippen molar-refractivity contribution in [2.24, 2.45) is 0 Å². The van der Waals surface area contributed by atoms with Crippen molar-refractivity contribution in [1.29, 1.82) is 0 Å². The van der Waals surface area contributed by atoms with Crippen LogP contribution in [0.5, 0.6) is 0 Å². The van der Waals surface area contributed by atoms with E-state index in [4.69, 9.17) is 0 Å². The molecule has 3 N–H and O–H groups in total. The molecule has 0 bridgehead atoms. The third-order valence-corrected chi connectivity index (χ3v) is 4.87. The summed E-state index contributed by atoms with van der Waals surface area (Å²) in [5, 5.41) is 15.0. The first-order valence-corrected chi connectivity index (χ1v) is 8.57. The molecule has 7 heteroatoms. The number of rotatable bonds is 5. The van der Waals surface area contributed by atoms with Crippen LogP contribution in [0.25, 0.3) is 0 Å². The van der Waals surface area contributed by atoms with Crippen molar-refractivity contribution in [3.63, 3.8) is 0 Å². The summed E-state index contributed by atoms with van der Waals surface area (Å²) in [4.78, 5) is 37.0. The molecule has 0 saturated heterocycles. The molecule has 2 aromatic carbocycles. The molecule has 1 aliphatic heterocycles. The van der Waals surface area contributed by atoms with Gasteiger partial charge in [0.15, 0.2) is 5.54 Å². The number of fused-ring (bicyclic) bond motifs is 1. The van der Waals surface area contributed by atoms with Gasteiger partial charge in [0.2, 0.25) is 11.8 Å². The summed E-state index contributed by atoms with van der Waals surface area (Å²) in [7, 11) is 0. The van der Waals surface area contributed by atoms with Crippen molar-refractivity contribution in [2.45, 2.75) is 31.2 Å². The summed E-state index contributed by atoms with van der Waals surface area (Å²) in [6, 6.07) is 12.2. The highest BCUT2D eigenvalue weighted by molar-refractivity contribution is 6.02. The van der Waals surface area contributed by atoms with Gasteiger partial charge in [0.05, 0.1) is 5.92 Å². The van der Waals surface area contributed by atoms with Gasteiger partial charge < -0.3 is 15.7 Å². The minimum atomic E-state index is -1.62. The highest BCUT2D eigenvalue weighted by atomic mass is 19.1. The molecule has 0 aromatic heterocycles. The minimum absolute atomic E-state index is 0.118. The van der Waals surface area contributed by atoms with Crippen LogP contribution in [0.1, 0.15) is 36.8 Å². The molecular formula is C20H19FN2O4. The number of benzene rings is 2. The maximum Gasteiger partial charge on any atom is 0.334 e.